The molecule has 2 rings (SSSR count). The fourth-order valence-electron chi connectivity index (χ4n) is 8.47. The standard InChI is InChI=1S/C55H95N7O9S2/c1-11-70-55(5,6)41-52(67)61(36-28-43(2)3)42-49(64)57-31-30-56-48(63)29-37-62-51(66)40-47(53(62)68)73-39-19-15-13-17-35-60(34-16-12-14-18-38-72-10)50(65)23-20-22-44(4)45-24-26-46(27-25-45)71-54(69)59(9)33-21-32-58(7)8/h24-27,43-44,47H,11-23,28-42H2,1-10H3,(H,56,63)(H,57,64). The normalized spacial score (nSPS) is 14.2. The molecule has 7 amide bonds. The Labute approximate surface area is 448 Å². The third kappa shape index (κ3) is 28.6. The molecule has 18 heteroatoms. The van der Waals surface area contributed by atoms with Crippen molar-refractivity contribution in [2.45, 2.75) is 161 Å². The number of hydrogen-bond donors (Lipinski definition) is 2. The molecule has 0 radical (unpaired) electrons. The van der Waals surface area contributed by atoms with E-state index in [1.165, 1.54) is 29.5 Å². The lowest BCUT2D eigenvalue weighted by Gasteiger charge is -2.29. The van der Waals surface area contributed by atoms with Crippen LogP contribution in [0.3, 0.4) is 0 Å². The van der Waals surface area contributed by atoms with Gasteiger partial charge < -0.3 is 39.7 Å². The summed E-state index contributed by atoms with van der Waals surface area (Å²) in [5.74, 6) is 1.95. The van der Waals surface area contributed by atoms with E-state index in [1.807, 2.05) is 70.9 Å². The number of ether oxygens (including phenoxy) is 2. The Hall–Kier alpha value is -3.87. The maximum atomic E-state index is 13.6. The molecule has 73 heavy (non-hydrogen) atoms. The Morgan fingerprint density at radius 1 is 0.740 bits per heavy atom. The second kappa shape index (κ2) is 37.0. The third-order valence-corrected chi connectivity index (χ3v) is 14.9. The van der Waals surface area contributed by atoms with Gasteiger partial charge in [-0.3, -0.25) is 33.7 Å². The highest BCUT2D eigenvalue weighted by molar-refractivity contribution is 8.00. The average Bonchev–Trinajstić information content (AvgIpc) is 3.60. The van der Waals surface area contributed by atoms with Crippen molar-refractivity contribution in [1.29, 1.82) is 0 Å². The van der Waals surface area contributed by atoms with E-state index in [1.54, 1.807) is 16.8 Å². The number of likely N-dealkylation sites (tertiary alicyclic amines) is 1. The number of rotatable bonds is 40. The maximum absolute atomic E-state index is 13.6. The van der Waals surface area contributed by atoms with Crippen LogP contribution in [-0.2, 0) is 33.5 Å². The first-order valence-electron chi connectivity index (χ1n) is 27.1. The van der Waals surface area contributed by atoms with Gasteiger partial charge in [0.25, 0.3) is 0 Å². The van der Waals surface area contributed by atoms with E-state index in [0.29, 0.717) is 37.8 Å². The van der Waals surface area contributed by atoms with Crippen molar-refractivity contribution in [2.24, 2.45) is 5.92 Å². The smallest absolute Gasteiger partial charge is 0.410 e. The van der Waals surface area contributed by atoms with Gasteiger partial charge in [-0.2, -0.15) is 11.8 Å². The molecule has 1 fully saturated rings. The first-order chi connectivity index (χ1) is 34.8. The van der Waals surface area contributed by atoms with Crippen molar-refractivity contribution in [1.82, 2.24) is 35.1 Å². The molecule has 2 unspecified atom stereocenters. The van der Waals surface area contributed by atoms with Gasteiger partial charge in [0.15, 0.2) is 0 Å². The van der Waals surface area contributed by atoms with Gasteiger partial charge in [-0.1, -0.05) is 58.6 Å². The molecule has 1 aromatic carbocycles. The first kappa shape index (κ1) is 65.2. The zero-order chi connectivity index (χ0) is 54.2. The maximum Gasteiger partial charge on any atom is 0.414 e. The van der Waals surface area contributed by atoms with Gasteiger partial charge in [-0.05, 0) is 140 Å². The van der Waals surface area contributed by atoms with E-state index in [4.69, 9.17) is 9.47 Å². The fraction of sp³-hybridized carbons (Fsp3) is 0.764. The molecule has 1 saturated heterocycles. The van der Waals surface area contributed by atoms with Gasteiger partial charge in [-0.15, -0.1) is 11.8 Å². The van der Waals surface area contributed by atoms with Crippen LogP contribution in [0.1, 0.15) is 156 Å². The number of unbranched alkanes of at least 4 members (excludes halogenated alkanes) is 6. The summed E-state index contributed by atoms with van der Waals surface area (Å²) in [6.07, 6.45) is 14.1. The SMILES string of the molecule is CCOC(C)(C)CC(=O)N(CCC(C)C)CC(=O)NCCNC(=O)CCN1C(=O)CC(SCCCCCCN(CCCCCCSC)C(=O)CCCC(C)c2ccc(OC(=O)N(C)CCCN(C)C)cc2)C1=O. The van der Waals surface area contributed by atoms with Crippen LogP contribution in [0, 0.1) is 5.92 Å². The Kier molecular flexibility index (Phi) is 33.0. The minimum absolute atomic E-state index is 0.00808. The Morgan fingerprint density at radius 2 is 1.37 bits per heavy atom. The summed E-state index contributed by atoms with van der Waals surface area (Å²) in [4.78, 5) is 99.0. The molecule has 0 bridgehead atoms. The first-order valence-corrected chi connectivity index (χ1v) is 29.6. The van der Waals surface area contributed by atoms with Crippen LogP contribution in [0.5, 0.6) is 5.75 Å². The monoisotopic (exact) mass is 1060 g/mol. The molecule has 2 atom stereocenters. The molecular weight excluding hydrogens is 967 g/mol. The van der Waals surface area contributed by atoms with Crippen LogP contribution >= 0.6 is 23.5 Å². The van der Waals surface area contributed by atoms with Gasteiger partial charge in [0.05, 0.1) is 23.8 Å². The quantitative estimate of drug-likeness (QED) is 0.0476. The minimum Gasteiger partial charge on any atom is -0.410 e. The number of hydrogen-bond acceptors (Lipinski definition) is 12. The number of amides is 7. The number of benzene rings is 1. The van der Waals surface area contributed by atoms with Crippen molar-refractivity contribution < 1.29 is 43.0 Å². The van der Waals surface area contributed by atoms with Crippen LogP contribution in [0.4, 0.5) is 4.79 Å². The lowest BCUT2D eigenvalue weighted by molar-refractivity contribution is -0.141. The summed E-state index contributed by atoms with van der Waals surface area (Å²) >= 11 is 3.37. The molecule has 0 aromatic heterocycles. The summed E-state index contributed by atoms with van der Waals surface area (Å²) < 4.78 is 11.3. The Balaban J connectivity index is 1.72. The van der Waals surface area contributed by atoms with E-state index in [0.717, 1.165) is 101 Å². The van der Waals surface area contributed by atoms with E-state index in [-0.39, 0.29) is 92.9 Å². The average molecular weight is 1060 g/mol. The molecule has 1 aliphatic rings. The van der Waals surface area contributed by atoms with Crippen molar-refractivity contribution in [3.63, 3.8) is 0 Å². The predicted molar refractivity (Wildman–Crippen MR) is 297 cm³/mol. The second-order valence-corrected chi connectivity index (χ2v) is 23.1. The molecule has 1 heterocycles. The molecule has 0 aliphatic carbocycles. The molecule has 0 spiro atoms. The third-order valence-electron chi connectivity index (χ3n) is 12.9. The van der Waals surface area contributed by atoms with Crippen molar-refractivity contribution in [2.75, 3.05) is 104 Å². The summed E-state index contributed by atoms with van der Waals surface area (Å²) in [5, 5.41) is 5.07. The molecular formula is C55H95N7O9S2. The van der Waals surface area contributed by atoms with Crippen LogP contribution in [0.15, 0.2) is 24.3 Å². The van der Waals surface area contributed by atoms with Crippen LogP contribution < -0.4 is 15.4 Å². The van der Waals surface area contributed by atoms with E-state index in [2.05, 4.69) is 47.5 Å². The van der Waals surface area contributed by atoms with E-state index in [9.17, 15) is 33.6 Å². The Morgan fingerprint density at radius 3 is 1.99 bits per heavy atom. The zero-order valence-electron chi connectivity index (χ0n) is 46.6. The molecule has 416 valence electrons. The number of nitrogens with zero attached hydrogens (tertiary/aromatic N) is 5. The molecule has 16 nitrogen and oxygen atoms in total. The number of carbonyl (C=O) groups excluding carboxylic acids is 7. The summed E-state index contributed by atoms with van der Waals surface area (Å²) in [6.45, 7) is 16.2. The summed E-state index contributed by atoms with van der Waals surface area (Å²) in [5.41, 5.74) is 0.511. The lowest BCUT2D eigenvalue weighted by Crippen LogP contribution is -2.45. The van der Waals surface area contributed by atoms with Crippen LogP contribution in [0.25, 0.3) is 0 Å². The van der Waals surface area contributed by atoms with Gasteiger partial charge in [0.1, 0.15) is 5.75 Å². The topological polar surface area (TPSA) is 178 Å². The summed E-state index contributed by atoms with van der Waals surface area (Å²) in [6, 6.07) is 7.69. The highest BCUT2D eigenvalue weighted by Gasteiger charge is 2.38. The highest BCUT2D eigenvalue weighted by Crippen LogP contribution is 2.27. The van der Waals surface area contributed by atoms with Crippen molar-refractivity contribution in [3.8, 4) is 5.75 Å². The van der Waals surface area contributed by atoms with Gasteiger partial charge in [0, 0.05) is 78.7 Å². The van der Waals surface area contributed by atoms with Crippen LogP contribution in [-0.4, -0.2) is 181 Å². The predicted octanol–water partition coefficient (Wildman–Crippen LogP) is 8.22. The van der Waals surface area contributed by atoms with Gasteiger partial charge >= 0.3 is 6.09 Å². The molecule has 1 aromatic rings. The Bertz CT molecular complexity index is 1800. The number of nitrogens with one attached hydrogen (secondary N) is 2. The summed E-state index contributed by atoms with van der Waals surface area (Å²) in [7, 11) is 5.77. The lowest BCUT2D eigenvalue weighted by atomic mass is 9.95. The van der Waals surface area contributed by atoms with Crippen molar-refractivity contribution >= 4 is 65.1 Å². The number of imide groups is 1. The molecule has 2 N–H and O–H groups in total. The van der Waals surface area contributed by atoms with Gasteiger partial charge in [-0.25, -0.2) is 4.79 Å². The molecule has 1 aliphatic heterocycles. The van der Waals surface area contributed by atoms with Crippen LogP contribution in [0.2, 0.25) is 0 Å². The number of carbonyl (C=O) groups is 7. The fourth-order valence-corrected chi connectivity index (χ4v) is 10.1. The van der Waals surface area contributed by atoms with E-state index >= 15 is 0 Å². The largest absolute Gasteiger partial charge is 0.414 e. The molecule has 0 saturated carbocycles. The zero-order valence-corrected chi connectivity index (χ0v) is 48.2. The van der Waals surface area contributed by atoms with E-state index < -0.39 is 10.9 Å². The minimum atomic E-state index is -0.639. The van der Waals surface area contributed by atoms with Crippen molar-refractivity contribution in [3.05, 3.63) is 29.8 Å². The highest BCUT2D eigenvalue weighted by atomic mass is 32.2. The van der Waals surface area contributed by atoms with Gasteiger partial charge in [0.2, 0.25) is 35.4 Å². The number of thioether (sulfide) groups is 2. The second-order valence-electron chi connectivity index (χ2n) is 20.8.